The Morgan fingerprint density at radius 1 is 1.20 bits per heavy atom. The highest BCUT2D eigenvalue weighted by Crippen LogP contribution is 2.32. The van der Waals surface area contributed by atoms with Crippen molar-refractivity contribution in [2.75, 3.05) is 12.4 Å². The number of hydrogen-bond acceptors (Lipinski definition) is 3. The van der Waals surface area contributed by atoms with Gasteiger partial charge in [0.2, 0.25) is 0 Å². The molecule has 0 heterocycles. The van der Waals surface area contributed by atoms with Crippen LogP contribution in [0.15, 0.2) is 30.3 Å². The zero-order valence-electron chi connectivity index (χ0n) is 10.6. The smallest absolute Gasteiger partial charge is 0.126 e. The van der Waals surface area contributed by atoms with Crippen LogP contribution in [0, 0.1) is 5.82 Å². The van der Waals surface area contributed by atoms with Crippen LogP contribution in [0.4, 0.5) is 10.1 Å². The molecule has 0 aromatic heterocycles. The van der Waals surface area contributed by atoms with Gasteiger partial charge in [0.1, 0.15) is 17.3 Å². The van der Waals surface area contributed by atoms with E-state index in [-0.39, 0.29) is 15.8 Å². The minimum absolute atomic E-state index is 0.0891. The second-order valence-electron chi connectivity index (χ2n) is 4.09. The van der Waals surface area contributed by atoms with E-state index in [2.05, 4.69) is 5.32 Å². The van der Waals surface area contributed by atoms with Crippen molar-refractivity contribution in [1.29, 1.82) is 0 Å². The zero-order valence-corrected chi connectivity index (χ0v) is 12.1. The molecule has 20 heavy (non-hydrogen) atoms. The first-order valence-corrected chi connectivity index (χ1v) is 6.51. The normalized spacial score (nSPS) is 10.4. The molecule has 3 nitrogen and oxygen atoms in total. The molecule has 2 N–H and O–H groups in total. The van der Waals surface area contributed by atoms with Crippen LogP contribution in [0.25, 0.3) is 0 Å². The van der Waals surface area contributed by atoms with Crippen LogP contribution in [0.5, 0.6) is 11.5 Å². The SMILES string of the molecule is COc1ccc(CNc2c(Cl)cc(F)cc2Cl)c(O)c1. The molecular formula is C14H12Cl2FNO2. The van der Waals surface area contributed by atoms with Crippen molar-refractivity contribution in [3.63, 3.8) is 0 Å². The van der Waals surface area contributed by atoms with E-state index in [0.717, 1.165) is 0 Å². The van der Waals surface area contributed by atoms with Crippen LogP contribution in [0.2, 0.25) is 10.0 Å². The number of rotatable bonds is 4. The van der Waals surface area contributed by atoms with E-state index in [1.165, 1.54) is 25.3 Å². The molecular weight excluding hydrogens is 304 g/mol. The molecule has 0 saturated heterocycles. The second-order valence-corrected chi connectivity index (χ2v) is 4.91. The molecule has 0 aliphatic heterocycles. The van der Waals surface area contributed by atoms with Crippen LogP contribution in [0.3, 0.4) is 0 Å². The van der Waals surface area contributed by atoms with E-state index in [1.54, 1.807) is 12.1 Å². The summed E-state index contributed by atoms with van der Waals surface area (Å²) in [5.41, 5.74) is 1.06. The summed E-state index contributed by atoms with van der Waals surface area (Å²) in [5.74, 6) is 0.146. The number of hydrogen-bond donors (Lipinski definition) is 2. The molecule has 0 unspecified atom stereocenters. The maximum Gasteiger partial charge on any atom is 0.126 e. The number of phenolic OH excluding ortho intramolecular Hbond substituents is 1. The van der Waals surface area contributed by atoms with Crippen LogP contribution < -0.4 is 10.1 Å². The average molecular weight is 316 g/mol. The minimum atomic E-state index is -0.502. The highest BCUT2D eigenvalue weighted by atomic mass is 35.5. The predicted octanol–water partition coefficient (Wildman–Crippen LogP) is 4.46. The molecule has 2 rings (SSSR count). The number of benzene rings is 2. The number of aromatic hydroxyl groups is 1. The lowest BCUT2D eigenvalue weighted by Gasteiger charge is -2.12. The summed E-state index contributed by atoms with van der Waals surface area (Å²) in [6.45, 7) is 0.293. The Balaban J connectivity index is 2.17. The summed E-state index contributed by atoms with van der Waals surface area (Å²) < 4.78 is 18.1. The van der Waals surface area contributed by atoms with Gasteiger partial charge in [-0.25, -0.2) is 4.39 Å². The Hall–Kier alpha value is -1.65. The van der Waals surface area contributed by atoms with Crippen LogP contribution in [-0.4, -0.2) is 12.2 Å². The van der Waals surface area contributed by atoms with Gasteiger partial charge < -0.3 is 15.2 Å². The Morgan fingerprint density at radius 2 is 1.85 bits per heavy atom. The van der Waals surface area contributed by atoms with Gasteiger partial charge in [0.05, 0.1) is 22.8 Å². The van der Waals surface area contributed by atoms with Crippen LogP contribution >= 0.6 is 23.2 Å². The van der Waals surface area contributed by atoms with E-state index in [1.807, 2.05) is 0 Å². The van der Waals surface area contributed by atoms with E-state index in [4.69, 9.17) is 27.9 Å². The molecule has 2 aromatic rings. The molecule has 0 aliphatic rings. The van der Waals surface area contributed by atoms with E-state index in [0.29, 0.717) is 23.5 Å². The third-order valence-corrected chi connectivity index (χ3v) is 3.35. The van der Waals surface area contributed by atoms with Crippen molar-refractivity contribution in [3.05, 3.63) is 51.8 Å². The standard InChI is InChI=1S/C14H12Cl2FNO2/c1-20-10-3-2-8(13(19)6-10)7-18-14-11(15)4-9(17)5-12(14)16/h2-6,18-19H,7H2,1H3. The predicted molar refractivity (Wildman–Crippen MR) is 78.4 cm³/mol. The lowest BCUT2D eigenvalue weighted by atomic mass is 10.2. The first-order valence-electron chi connectivity index (χ1n) is 5.75. The van der Waals surface area contributed by atoms with Gasteiger partial charge in [-0.2, -0.15) is 0 Å². The molecule has 0 radical (unpaired) electrons. The van der Waals surface area contributed by atoms with Crippen molar-refractivity contribution in [3.8, 4) is 11.5 Å². The highest BCUT2D eigenvalue weighted by Gasteiger charge is 2.09. The summed E-state index contributed by atoms with van der Waals surface area (Å²) in [7, 11) is 1.52. The van der Waals surface area contributed by atoms with Gasteiger partial charge in [0.15, 0.2) is 0 Å². The monoisotopic (exact) mass is 315 g/mol. The van der Waals surface area contributed by atoms with Gasteiger partial charge in [-0.3, -0.25) is 0 Å². The Kier molecular flexibility index (Phi) is 4.57. The Bertz CT molecular complexity index is 612. The van der Waals surface area contributed by atoms with E-state index in [9.17, 15) is 9.50 Å². The van der Waals surface area contributed by atoms with Crippen molar-refractivity contribution in [2.45, 2.75) is 6.54 Å². The van der Waals surface area contributed by atoms with Crippen LogP contribution in [0.1, 0.15) is 5.56 Å². The molecule has 6 heteroatoms. The number of nitrogens with one attached hydrogen (secondary N) is 1. The first-order chi connectivity index (χ1) is 9.51. The minimum Gasteiger partial charge on any atom is -0.507 e. The van der Waals surface area contributed by atoms with E-state index >= 15 is 0 Å². The third kappa shape index (κ3) is 3.26. The number of ether oxygens (including phenoxy) is 1. The maximum atomic E-state index is 13.1. The molecule has 0 amide bonds. The largest absolute Gasteiger partial charge is 0.507 e. The number of phenols is 1. The summed E-state index contributed by atoms with van der Waals surface area (Å²) >= 11 is 11.8. The number of anilines is 1. The molecule has 0 saturated carbocycles. The zero-order chi connectivity index (χ0) is 14.7. The Labute approximate surface area is 125 Å². The summed E-state index contributed by atoms with van der Waals surface area (Å²) in [5, 5.41) is 13.2. The van der Waals surface area contributed by atoms with Gasteiger partial charge in [0, 0.05) is 18.2 Å². The molecule has 2 aromatic carbocycles. The third-order valence-electron chi connectivity index (χ3n) is 2.75. The lowest BCUT2D eigenvalue weighted by Crippen LogP contribution is -2.01. The van der Waals surface area contributed by atoms with Crippen molar-refractivity contribution in [1.82, 2.24) is 0 Å². The fraction of sp³-hybridized carbons (Fsp3) is 0.143. The average Bonchev–Trinajstić information content (AvgIpc) is 2.39. The van der Waals surface area contributed by atoms with Gasteiger partial charge in [0.25, 0.3) is 0 Å². The summed E-state index contributed by atoms with van der Waals surface area (Å²) in [6, 6.07) is 7.29. The quantitative estimate of drug-likeness (QED) is 0.875. The van der Waals surface area contributed by atoms with Gasteiger partial charge >= 0.3 is 0 Å². The topological polar surface area (TPSA) is 41.5 Å². The molecule has 0 aliphatic carbocycles. The maximum absolute atomic E-state index is 13.1. The fourth-order valence-corrected chi connectivity index (χ4v) is 2.31. The molecule has 106 valence electrons. The molecule has 0 fully saturated rings. The van der Waals surface area contributed by atoms with Crippen molar-refractivity contribution >= 4 is 28.9 Å². The number of methoxy groups -OCH3 is 1. The summed E-state index contributed by atoms with van der Waals surface area (Å²) in [4.78, 5) is 0. The van der Waals surface area contributed by atoms with Crippen molar-refractivity contribution < 1.29 is 14.2 Å². The van der Waals surface area contributed by atoms with Crippen molar-refractivity contribution in [2.24, 2.45) is 0 Å². The molecule has 0 spiro atoms. The highest BCUT2D eigenvalue weighted by molar-refractivity contribution is 6.39. The van der Waals surface area contributed by atoms with Gasteiger partial charge in [-0.1, -0.05) is 23.2 Å². The first kappa shape index (κ1) is 14.8. The summed E-state index contributed by atoms with van der Waals surface area (Å²) in [6.07, 6.45) is 0. The van der Waals surface area contributed by atoms with E-state index < -0.39 is 5.82 Å². The second kappa shape index (κ2) is 6.20. The van der Waals surface area contributed by atoms with Gasteiger partial charge in [-0.15, -0.1) is 0 Å². The van der Waals surface area contributed by atoms with Gasteiger partial charge in [-0.05, 0) is 24.3 Å². The molecule has 0 bridgehead atoms. The lowest BCUT2D eigenvalue weighted by molar-refractivity contribution is 0.406. The number of halogens is 3. The molecule has 0 atom stereocenters. The fourth-order valence-electron chi connectivity index (χ4n) is 1.71. The van der Waals surface area contributed by atoms with Crippen LogP contribution in [-0.2, 0) is 6.54 Å². The Morgan fingerprint density at radius 3 is 2.40 bits per heavy atom.